The first-order valence-electron chi connectivity index (χ1n) is 20.2. The Bertz CT molecular complexity index is 2920. The second-order valence-electron chi connectivity index (χ2n) is 15.4. The maximum Gasteiger partial charge on any atom is 0.325 e. The predicted octanol–water partition coefficient (Wildman–Crippen LogP) is -1.20. The molecule has 0 aliphatic carbocycles. The summed E-state index contributed by atoms with van der Waals surface area (Å²) < 4.78 is 58.4. The predicted molar refractivity (Wildman–Crippen MR) is 236 cm³/mol. The molecule has 3 saturated heterocycles. The zero-order valence-corrected chi connectivity index (χ0v) is 38.8. The van der Waals surface area contributed by atoms with E-state index in [9.17, 15) is 29.9 Å². The summed E-state index contributed by atoms with van der Waals surface area (Å²) in [6.45, 7) is -9.82. The number of anilines is 3. The van der Waals surface area contributed by atoms with Crippen LogP contribution in [0, 0.1) is 0 Å². The third kappa shape index (κ3) is 9.24. The van der Waals surface area contributed by atoms with Crippen LogP contribution in [0.4, 0.5) is 17.5 Å². The molecule has 366 valence electrons. The van der Waals surface area contributed by atoms with Gasteiger partial charge in [0.2, 0.25) is 0 Å². The van der Waals surface area contributed by atoms with Gasteiger partial charge in [-0.1, -0.05) is 0 Å². The minimum atomic E-state index is -4.37. The molecule has 3 aliphatic rings. The number of aromatic nitrogens is 12. The van der Waals surface area contributed by atoms with E-state index in [0.29, 0.717) is 0 Å². The number of nitrogens with two attached hydrogens (primary N) is 3. The normalized spacial score (nSPS) is 30.4. The number of aliphatic carboxylic acids is 1. The first-order valence-corrected chi connectivity index (χ1v) is 25.4. The fourth-order valence-electron chi connectivity index (χ4n) is 8.26. The van der Waals surface area contributed by atoms with Crippen LogP contribution in [-0.2, 0) is 70.2 Å². The first-order chi connectivity index (χ1) is 32.5. The van der Waals surface area contributed by atoms with Crippen LogP contribution >= 0.6 is 13.4 Å². The van der Waals surface area contributed by atoms with Gasteiger partial charge in [-0.2, -0.15) is 0 Å². The molecule has 6 aromatic heterocycles. The number of aliphatic hydroxyl groups excluding tert-OH is 2. The Kier molecular flexibility index (Phi) is 13.7. The largest absolute Gasteiger partial charge is 0.481 e. The Morgan fingerprint density at radius 1 is 0.618 bits per heavy atom. The van der Waals surface area contributed by atoms with Crippen LogP contribution in [0.15, 0.2) is 38.0 Å². The number of nitrogen functional groups attached to an aromatic ring is 3. The van der Waals surface area contributed by atoms with E-state index in [0.717, 1.165) is 0 Å². The lowest BCUT2D eigenvalue weighted by Gasteiger charge is -2.29. The number of nitrogens with zero attached hydrogens (tertiary/aromatic N) is 12. The van der Waals surface area contributed by atoms with Crippen molar-refractivity contribution >= 4 is 94.0 Å². The number of hydrogen-bond donors (Lipinski definition) is 8. The Morgan fingerprint density at radius 2 is 1.01 bits per heavy atom. The SMILES string of the molecule is CO[C@H]1[C@@H](OP(O)(=S)OC[C@H]2O[C@@H](n3cnc4c(N)ncnc43)[C@H](OP(O)(=S)OC[C@H]3O[C@@H](n4cnc5c(N)ncnc54)[C@H](O)[C@@H]3O)[C@@H]2OC)[C@H](n2cnc3c(N)ncnc32)O[C@@H]1CCC(=O)O. The number of imidazole rings is 3. The fourth-order valence-corrected chi connectivity index (χ4v) is 11.1. The quantitative estimate of drug-likeness (QED) is 0.0469. The Hall–Kier alpha value is -4.70. The number of hydrogen-bond acceptors (Lipinski definition) is 26. The van der Waals surface area contributed by atoms with Crippen molar-refractivity contribution in [2.75, 3.05) is 44.6 Å². The maximum atomic E-state index is 11.7. The molecule has 6 aromatic rings. The van der Waals surface area contributed by atoms with Crippen molar-refractivity contribution in [2.45, 2.75) is 86.5 Å². The second kappa shape index (κ2) is 19.2. The third-order valence-corrected chi connectivity index (χ3v) is 14.5. The van der Waals surface area contributed by atoms with E-state index in [1.807, 2.05) is 0 Å². The Morgan fingerprint density at radius 3 is 1.46 bits per heavy atom. The van der Waals surface area contributed by atoms with Gasteiger partial charge in [-0.15, -0.1) is 0 Å². The molecule has 9 rings (SSSR count). The smallest absolute Gasteiger partial charge is 0.325 e. The zero-order valence-electron chi connectivity index (χ0n) is 35.3. The second-order valence-corrected chi connectivity index (χ2v) is 21.0. The molecule has 0 radical (unpaired) electrons. The van der Waals surface area contributed by atoms with Crippen LogP contribution in [0.1, 0.15) is 31.5 Å². The highest BCUT2D eigenvalue weighted by Gasteiger charge is 2.53. The van der Waals surface area contributed by atoms with E-state index >= 15 is 0 Å². The van der Waals surface area contributed by atoms with Crippen molar-refractivity contribution in [1.82, 2.24) is 58.6 Å². The van der Waals surface area contributed by atoms with Crippen molar-refractivity contribution in [3.63, 3.8) is 0 Å². The molecule has 0 aromatic carbocycles. The van der Waals surface area contributed by atoms with Gasteiger partial charge in [0.05, 0.1) is 38.3 Å². The maximum absolute atomic E-state index is 11.7. The molecule has 30 nitrogen and oxygen atoms in total. The van der Waals surface area contributed by atoms with Gasteiger partial charge in [-0.25, -0.2) is 44.9 Å². The van der Waals surface area contributed by atoms with Crippen molar-refractivity contribution in [3.8, 4) is 0 Å². The summed E-state index contributed by atoms with van der Waals surface area (Å²) >= 11 is 11.0. The van der Waals surface area contributed by atoms with Crippen molar-refractivity contribution in [3.05, 3.63) is 38.0 Å². The topological polar surface area (TPSA) is 410 Å². The molecule has 3 fully saturated rings. The van der Waals surface area contributed by atoms with Gasteiger partial charge in [-0.05, 0) is 30.0 Å². The van der Waals surface area contributed by atoms with Crippen LogP contribution in [0.25, 0.3) is 33.5 Å². The number of carboxylic acids is 1. The summed E-state index contributed by atoms with van der Waals surface area (Å²) in [5.74, 6) is -0.869. The van der Waals surface area contributed by atoms with Crippen LogP contribution < -0.4 is 17.2 Å². The molecule has 0 bridgehead atoms. The molecule has 3 aliphatic heterocycles. The summed E-state index contributed by atoms with van der Waals surface area (Å²) in [7, 11) is 2.67. The number of rotatable bonds is 18. The molecule has 0 amide bonds. The van der Waals surface area contributed by atoms with Gasteiger partial charge in [0.25, 0.3) is 0 Å². The van der Waals surface area contributed by atoms with E-state index in [2.05, 4.69) is 44.9 Å². The van der Waals surface area contributed by atoms with E-state index in [1.165, 1.54) is 65.9 Å². The third-order valence-electron chi connectivity index (χ3n) is 11.4. The highest BCUT2D eigenvalue weighted by molar-refractivity contribution is 8.07. The van der Waals surface area contributed by atoms with Gasteiger partial charge in [-0.3, -0.25) is 27.5 Å². The van der Waals surface area contributed by atoms with E-state index in [4.69, 9.17) is 82.6 Å². The van der Waals surface area contributed by atoms with Crippen LogP contribution in [0.3, 0.4) is 0 Å². The fraction of sp³-hybridized carbons (Fsp3) is 0.529. The number of carbonyl (C=O) groups is 1. The van der Waals surface area contributed by atoms with Gasteiger partial charge in [0, 0.05) is 20.6 Å². The lowest BCUT2D eigenvalue weighted by molar-refractivity contribution is -0.138. The number of methoxy groups -OCH3 is 2. The number of carboxylic acid groups (broad SMARTS) is 1. The van der Waals surface area contributed by atoms with Crippen LogP contribution in [0.5, 0.6) is 0 Å². The lowest BCUT2D eigenvalue weighted by Crippen LogP contribution is -2.38. The molecular weight excluding hydrogens is 985 g/mol. The van der Waals surface area contributed by atoms with E-state index in [1.54, 1.807) is 0 Å². The van der Waals surface area contributed by atoms with Gasteiger partial charge in [0.15, 0.2) is 53.1 Å². The average Bonchev–Trinajstić information content (AvgIpc) is 4.16. The molecule has 2 unspecified atom stereocenters. The molecule has 9 heterocycles. The minimum Gasteiger partial charge on any atom is -0.481 e. The summed E-state index contributed by atoms with van der Waals surface area (Å²) in [6.07, 6.45) is -7.38. The summed E-state index contributed by atoms with van der Waals surface area (Å²) in [4.78, 5) is 72.3. The van der Waals surface area contributed by atoms with Crippen LogP contribution in [-0.4, -0.2) is 172 Å². The minimum absolute atomic E-state index is 0.0101. The van der Waals surface area contributed by atoms with Crippen molar-refractivity contribution < 1.29 is 71.7 Å². The van der Waals surface area contributed by atoms with Gasteiger partial charge >= 0.3 is 19.4 Å². The zero-order chi connectivity index (χ0) is 48.2. The molecule has 11 N–H and O–H groups in total. The monoisotopic (exact) mass is 1030 g/mol. The molecule has 68 heavy (non-hydrogen) atoms. The molecular formula is C34H43N15O15P2S2. The lowest BCUT2D eigenvalue weighted by atomic mass is 10.1. The van der Waals surface area contributed by atoms with Crippen molar-refractivity contribution in [1.29, 1.82) is 0 Å². The summed E-state index contributed by atoms with van der Waals surface area (Å²) in [6, 6.07) is 0. The van der Waals surface area contributed by atoms with Gasteiger partial charge < -0.3 is 75.0 Å². The van der Waals surface area contributed by atoms with Crippen LogP contribution in [0.2, 0.25) is 0 Å². The number of aliphatic hydroxyl groups is 2. The Labute approximate surface area is 392 Å². The standard InChI is InChI=1S/C34H43N15O15P2S2/c1-56-22-13(3-4-16(50)51)60-33(48-11-45-18-27(36)39-8-42-30(18)48)24(22)63-66(55,68)59-6-15-23(57-2)25(34(62-15)49-12-46-19-28(37)40-9-43-31(19)49)64-65(54,67)58-5-14-20(52)21(53)32(61-14)47-10-44-17-26(35)38-7-41-29(17)47/h7-15,20-25,32-34,52-53H,3-6H2,1-2H3,(H,50,51)(H,54,67)(H,55,68)(H2,35,38,41)(H2,36,39,42)(H2,37,40,43)/t13-,14-,15-,20-,21-,22-,23-,24-,25-,32-,33-,34-,65?,66?/m1/s1. The molecule has 0 saturated carbocycles. The van der Waals surface area contributed by atoms with Gasteiger partial charge in [0.1, 0.15) is 84.4 Å². The average molecular weight is 1030 g/mol. The first kappa shape index (κ1) is 48.3. The Balaban J connectivity index is 0.938. The van der Waals surface area contributed by atoms with E-state index in [-0.39, 0.29) is 63.8 Å². The molecule has 34 heteroatoms. The van der Waals surface area contributed by atoms with E-state index < -0.39 is 106 Å². The summed E-state index contributed by atoms with van der Waals surface area (Å²) in [5.41, 5.74) is 19.4. The summed E-state index contributed by atoms with van der Waals surface area (Å²) in [5, 5.41) is 31.4. The number of fused-ring (bicyclic) bond motifs is 3. The molecule has 14 atom stereocenters. The van der Waals surface area contributed by atoms with Crippen molar-refractivity contribution in [2.24, 2.45) is 0 Å². The highest BCUT2D eigenvalue weighted by Crippen LogP contribution is 2.54. The number of ether oxygens (including phenoxy) is 5. The molecule has 0 spiro atoms. The highest BCUT2D eigenvalue weighted by atomic mass is 32.5.